The number of nitrogens with one attached hydrogen (secondary N) is 1. The minimum atomic E-state index is -0.432. The average molecular weight is 302 g/mol. The van der Waals surface area contributed by atoms with E-state index in [4.69, 9.17) is 9.47 Å². The van der Waals surface area contributed by atoms with Crippen LogP contribution >= 0.6 is 0 Å². The third-order valence-electron chi connectivity index (χ3n) is 2.91. The van der Waals surface area contributed by atoms with Crippen molar-refractivity contribution in [3.05, 3.63) is 59.4 Å². The van der Waals surface area contributed by atoms with E-state index in [9.17, 15) is 9.18 Å². The summed E-state index contributed by atoms with van der Waals surface area (Å²) in [5.74, 6) is 0.250. The number of para-hydroxylation sites is 1. The summed E-state index contributed by atoms with van der Waals surface area (Å²) in [6.45, 7) is 0. The highest BCUT2D eigenvalue weighted by atomic mass is 19.1. The maximum atomic E-state index is 12.8. The number of ether oxygens (including phenoxy) is 2. The molecule has 1 N–H and O–H groups in total. The van der Waals surface area contributed by atoms with Crippen LogP contribution in [0.3, 0.4) is 0 Å². The Hall–Kier alpha value is -2.89. The average Bonchev–Trinajstić information content (AvgIpc) is 2.55. The summed E-state index contributed by atoms with van der Waals surface area (Å²) in [7, 11) is 3.06. The molecule has 0 aliphatic rings. The van der Waals surface area contributed by atoms with Gasteiger partial charge in [0.1, 0.15) is 5.82 Å². The molecule has 0 unspecified atom stereocenters. The van der Waals surface area contributed by atoms with Crippen LogP contribution in [-0.2, 0) is 0 Å². The maximum Gasteiger partial charge on any atom is 0.271 e. The number of benzene rings is 2. The maximum absolute atomic E-state index is 12.8. The highest BCUT2D eigenvalue weighted by molar-refractivity contribution is 5.95. The Morgan fingerprint density at radius 3 is 2.50 bits per heavy atom. The number of hydrogen-bond donors (Lipinski definition) is 1. The quantitative estimate of drug-likeness (QED) is 0.682. The molecule has 22 heavy (non-hydrogen) atoms. The van der Waals surface area contributed by atoms with Gasteiger partial charge in [0.05, 0.1) is 20.4 Å². The van der Waals surface area contributed by atoms with Gasteiger partial charge in [-0.3, -0.25) is 4.79 Å². The molecule has 0 spiro atoms. The van der Waals surface area contributed by atoms with Crippen LogP contribution in [0.5, 0.6) is 11.5 Å². The zero-order valence-electron chi connectivity index (χ0n) is 12.2. The lowest BCUT2D eigenvalue weighted by Crippen LogP contribution is -2.17. The Morgan fingerprint density at radius 1 is 1.14 bits per heavy atom. The van der Waals surface area contributed by atoms with Gasteiger partial charge in [0.15, 0.2) is 11.5 Å². The molecule has 2 aromatic carbocycles. The fourth-order valence-corrected chi connectivity index (χ4v) is 1.84. The first-order valence-electron chi connectivity index (χ1n) is 6.45. The van der Waals surface area contributed by atoms with Crippen molar-refractivity contribution < 1.29 is 18.7 Å². The topological polar surface area (TPSA) is 59.9 Å². The Bertz CT molecular complexity index is 684. The molecule has 0 aromatic heterocycles. The molecule has 0 radical (unpaired) electrons. The molecule has 0 fully saturated rings. The zero-order chi connectivity index (χ0) is 15.9. The SMILES string of the molecule is COc1cccc(C=NNC(=O)c2ccc(F)cc2)c1OC. The summed E-state index contributed by atoms with van der Waals surface area (Å²) in [6.07, 6.45) is 1.45. The summed E-state index contributed by atoms with van der Waals surface area (Å²) in [4.78, 5) is 11.8. The van der Waals surface area contributed by atoms with Crippen molar-refractivity contribution in [1.29, 1.82) is 0 Å². The van der Waals surface area contributed by atoms with E-state index in [0.29, 0.717) is 22.6 Å². The van der Waals surface area contributed by atoms with E-state index in [1.807, 2.05) is 0 Å². The number of rotatable bonds is 5. The van der Waals surface area contributed by atoms with Crippen LogP contribution in [0.2, 0.25) is 0 Å². The Balaban J connectivity index is 2.09. The largest absolute Gasteiger partial charge is 0.493 e. The zero-order valence-corrected chi connectivity index (χ0v) is 12.2. The second-order valence-corrected chi connectivity index (χ2v) is 4.29. The number of halogens is 1. The fourth-order valence-electron chi connectivity index (χ4n) is 1.84. The minimum absolute atomic E-state index is 0.316. The van der Waals surface area contributed by atoms with Crippen molar-refractivity contribution >= 4 is 12.1 Å². The van der Waals surface area contributed by atoms with Gasteiger partial charge in [0.25, 0.3) is 5.91 Å². The van der Waals surface area contributed by atoms with Crippen molar-refractivity contribution in [2.24, 2.45) is 5.10 Å². The minimum Gasteiger partial charge on any atom is -0.493 e. The normalized spacial score (nSPS) is 10.5. The summed E-state index contributed by atoms with van der Waals surface area (Å²) < 4.78 is 23.2. The molecule has 2 rings (SSSR count). The molecule has 0 saturated heterocycles. The van der Waals surface area contributed by atoms with Crippen LogP contribution in [0.4, 0.5) is 4.39 Å². The van der Waals surface area contributed by atoms with Crippen LogP contribution in [0, 0.1) is 5.82 Å². The lowest BCUT2D eigenvalue weighted by atomic mass is 10.2. The van der Waals surface area contributed by atoms with E-state index in [-0.39, 0.29) is 0 Å². The number of amides is 1. The Morgan fingerprint density at radius 2 is 1.86 bits per heavy atom. The lowest BCUT2D eigenvalue weighted by Gasteiger charge is -2.09. The van der Waals surface area contributed by atoms with Gasteiger partial charge in [-0.25, -0.2) is 9.82 Å². The number of nitrogens with zero attached hydrogens (tertiary/aromatic N) is 1. The molecule has 5 nitrogen and oxygen atoms in total. The van der Waals surface area contributed by atoms with Crippen molar-refractivity contribution in [3.8, 4) is 11.5 Å². The molecule has 0 aliphatic heterocycles. The van der Waals surface area contributed by atoms with Gasteiger partial charge < -0.3 is 9.47 Å². The third-order valence-corrected chi connectivity index (χ3v) is 2.91. The Labute approximate surface area is 127 Å². The van der Waals surface area contributed by atoms with Crippen molar-refractivity contribution in [2.45, 2.75) is 0 Å². The molecule has 0 heterocycles. The number of carbonyl (C=O) groups is 1. The predicted octanol–water partition coefficient (Wildman–Crippen LogP) is 2.61. The second kappa shape index (κ2) is 7.21. The summed E-state index contributed by atoms with van der Waals surface area (Å²) in [5.41, 5.74) is 3.34. The first-order chi connectivity index (χ1) is 10.7. The van der Waals surface area contributed by atoms with E-state index in [2.05, 4.69) is 10.5 Å². The van der Waals surface area contributed by atoms with Gasteiger partial charge in [-0.15, -0.1) is 0 Å². The van der Waals surface area contributed by atoms with E-state index in [1.165, 1.54) is 44.7 Å². The van der Waals surface area contributed by atoms with Crippen molar-refractivity contribution in [1.82, 2.24) is 5.43 Å². The summed E-state index contributed by atoms with van der Waals surface area (Å²) in [6, 6.07) is 10.5. The van der Waals surface area contributed by atoms with E-state index < -0.39 is 11.7 Å². The first kappa shape index (κ1) is 15.5. The van der Waals surface area contributed by atoms with Crippen LogP contribution in [0.25, 0.3) is 0 Å². The monoisotopic (exact) mass is 302 g/mol. The summed E-state index contributed by atoms with van der Waals surface area (Å²) >= 11 is 0. The van der Waals surface area contributed by atoms with Crippen LogP contribution in [-0.4, -0.2) is 26.3 Å². The molecule has 0 atom stereocenters. The van der Waals surface area contributed by atoms with E-state index in [1.54, 1.807) is 18.2 Å². The predicted molar refractivity (Wildman–Crippen MR) is 81.0 cm³/mol. The lowest BCUT2D eigenvalue weighted by molar-refractivity contribution is 0.0955. The third kappa shape index (κ3) is 3.60. The molecule has 6 heteroatoms. The van der Waals surface area contributed by atoms with Gasteiger partial charge in [0, 0.05) is 11.1 Å². The summed E-state index contributed by atoms with van der Waals surface area (Å²) in [5, 5.41) is 3.87. The van der Waals surface area contributed by atoms with Crippen molar-refractivity contribution in [3.63, 3.8) is 0 Å². The van der Waals surface area contributed by atoms with Gasteiger partial charge in [-0.1, -0.05) is 6.07 Å². The highest BCUT2D eigenvalue weighted by Gasteiger charge is 2.08. The first-order valence-corrected chi connectivity index (χ1v) is 6.45. The van der Waals surface area contributed by atoms with Crippen LogP contribution < -0.4 is 14.9 Å². The highest BCUT2D eigenvalue weighted by Crippen LogP contribution is 2.29. The molecule has 0 bridgehead atoms. The number of hydrazone groups is 1. The van der Waals surface area contributed by atoms with Gasteiger partial charge in [0.2, 0.25) is 0 Å². The molecule has 1 amide bonds. The van der Waals surface area contributed by atoms with Gasteiger partial charge in [-0.05, 0) is 36.4 Å². The van der Waals surface area contributed by atoms with Crippen molar-refractivity contribution in [2.75, 3.05) is 14.2 Å². The molecule has 114 valence electrons. The molecular weight excluding hydrogens is 287 g/mol. The van der Waals surface area contributed by atoms with Gasteiger partial charge >= 0.3 is 0 Å². The molecule has 0 saturated carbocycles. The molecule has 0 aliphatic carbocycles. The molecular formula is C16H15FN2O3. The van der Waals surface area contributed by atoms with E-state index >= 15 is 0 Å². The standard InChI is InChI=1S/C16H15FN2O3/c1-21-14-5-3-4-12(15(14)22-2)10-18-19-16(20)11-6-8-13(17)9-7-11/h3-10H,1-2H3,(H,19,20). The number of hydrogen-bond acceptors (Lipinski definition) is 4. The van der Waals surface area contributed by atoms with E-state index in [0.717, 1.165) is 0 Å². The number of carbonyl (C=O) groups excluding carboxylic acids is 1. The fraction of sp³-hybridized carbons (Fsp3) is 0.125. The second-order valence-electron chi connectivity index (χ2n) is 4.29. The number of methoxy groups -OCH3 is 2. The van der Waals surface area contributed by atoms with Crippen LogP contribution in [0.15, 0.2) is 47.6 Å². The molecule has 2 aromatic rings. The Kier molecular flexibility index (Phi) is 5.08. The van der Waals surface area contributed by atoms with Gasteiger partial charge in [-0.2, -0.15) is 5.10 Å². The van der Waals surface area contributed by atoms with Crippen LogP contribution in [0.1, 0.15) is 15.9 Å². The smallest absolute Gasteiger partial charge is 0.271 e.